The van der Waals surface area contributed by atoms with Crippen molar-refractivity contribution < 1.29 is 0 Å². The van der Waals surface area contributed by atoms with Crippen LogP contribution in [0.5, 0.6) is 0 Å². The van der Waals surface area contributed by atoms with Crippen LogP contribution in [0.2, 0.25) is 5.02 Å². The Balaban J connectivity index is 0.00000147. The maximum absolute atomic E-state index is 6.21. The number of hydrogen-bond acceptors (Lipinski definition) is 3. The van der Waals surface area contributed by atoms with Crippen molar-refractivity contribution in [3.05, 3.63) is 34.5 Å². The Morgan fingerprint density at radius 2 is 1.90 bits per heavy atom. The topological polar surface area (TPSA) is 28.2 Å². The molecule has 1 N–H and O–H groups in total. The maximum Gasteiger partial charge on any atom is 0.0769 e. The van der Waals surface area contributed by atoms with Crippen molar-refractivity contribution >= 4 is 40.6 Å². The highest BCUT2D eigenvalue weighted by Crippen LogP contribution is 2.31. The molecule has 3 nitrogen and oxygen atoms in total. The summed E-state index contributed by atoms with van der Waals surface area (Å²) >= 11 is 6.21. The van der Waals surface area contributed by atoms with Crippen LogP contribution >= 0.6 is 24.0 Å². The van der Waals surface area contributed by atoms with Crippen LogP contribution < -0.4 is 10.2 Å². The summed E-state index contributed by atoms with van der Waals surface area (Å²) in [7, 11) is 0. The van der Waals surface area contributed by atoms with Gasteiger partial charge in [0.2, 0.25) is 0 Å². The second-order valence-electron chi connectivity index (χ2n) is 5.09. The molecule has 1 fully saturated rings. The van der Waals surface area contributed by atoms with E-state index >= 15 is 0 Å². The highest BCUT2D eigenvalue weighted by molar-refractivity contribution is 6.32. The van der Waals surface area contributed by atoms with Crippen LogP contribution in [0.3, 0.4) is 0 Å². The lowest BCUT2D eigenvalue weighted by Crippen LogP contribution is -2.43. The van der Waals surface area contributed by atoms with E-state index in [0.29, 0.717) is 0 Å². The molecule has 0 atom stereocenters. The van der Waals surface area contributed by atoms with E-state index < -0.39 is 0 Å². The molecule has 0 bridgehead atoms. The summed E-state index contributed by atoms with van der Waals surface area (Å²) in [5, 5.41) is 5.38. The molecule has 0 saturated carbocycles. The predicted octanol–water partition coefficient (Wildman–Crippen LogP) is 3.34. The van der Waals surface area contributed by atoms with Crippen LogP contribution in [-0.4, -0.2) is 31.2 Å². The number of aromatic nitrogens is 1. The molecule has 0 aliphatic carbocycles. The van der Waals surface area contributed by atoms with Gasteiger partial charge in [0.05, 0.1) is 5.52 Å². The maximum atomic E-state index is 6.21. The first-order valence-electron chi connectivity index (χ1n) is 6.69. The van der Waals surface area contributed by atoms with E-state index in [1.165, 1.54) is 11.1 Å². The zero-order valence-electron chi connectivity index (χ0n) is 11.7. The molecule has 2 heterocycles. The van der Waals surface area contributed by atoms with Crippen molar-refractivity contribution in [1.82, 2.24) is 10.3 Å². The molecule has 1 saturated heterocycles. The van der Waals surface area contributed by atoms with Gasteiger partial charge in [0.1, 0.15) is 0 Å². The molecule has 0 spiro atoms. The van der Waals surface area contributed by atoms with Gasteiger partial charge < -0.3 is 10.2 Å². The minimum Gasteiger partial charge on any atom is -0.368 e. The van der Waals surface area contributed by atoms with Crippen LogP contribution in [0.15, 0.2) is 18.2 Å². The summed E-state index contributed by atoms with van der Waals surface area (Å²) in [6.45, 7) is 8.25. The number of piperazine rings is 1. The van der Waals surface area contributed by atoms with E-state index in [9.17, 15) is 0 Å². The number of anilines is 1. The fourth-order valence-corrected chi connectivity index (χ4v) is 2.83. The normalized spacial score (nSPS) is 15.2. The van der Waals surface area contributed by atoms with Gasteiger partial charge in [0.15, 0.2) is 0 Å². The summed E-state index contributed by atoms with van der Waals surface area (Å²) in [5.74, 6) is 0. The van der Waals surface area contributed by atoms with Crippen molar-refractivity contribution in [3.63, 3.8) is 0 Å². The Morgan fingerprint density at radius 1 is 1.20 bits per heavy atom. The van der Waals surface area contributed by atoms with Gasteiger partial charge in [-0.1, -0.05) is 11.6 Å². The van der Waals surface area contributed by atoms with Crippen molar-refractivity contribution in [1.29, 1.82) is 0 Å². The number of rotatable bonds is 1. The van der Waals surface area contributed by atoms with Crippen LogP contribution in [0.4, 0.5) is 5.69 Å². The third-order valence-electron chi connectivity index (χ3n) is 3.73. The van der Waals surface area contributed by atoms with E-state index in [2.05, 4.69) is 27.3 Å². The smallest absolute Gasteiger partial charge is 0.0769 e. The van der Waals surface area contributed by atoms with Crippen molar-refractivity contribution in [2.24, 2.45) is 0 Å². The average Bonchev–Trinajstić information content (AvgIpc) is 2.44. The van der Waals surface area contributed by atoms with E-state index in [1.807, 2.05) is 19.9 Å². The lowest BCUT2D eigenvalue weighted by molar-refractivity contribution is 0.590. The van der Waals surface area contributed by atoms with Gasteiger partial charge in [-0.3, -0.25) is 4.98 Å². The number of pyridine rings is 1. The first kappa shape index (κ1) is 15.4. The summed E-state index contributed by atoms with van der Waals surface area (Å²) < 4.78 is 0. The molecule has 108 valence electrons. The van der Waals surface area contributed by atoms with Crippen LogP contribution in [-0.2, 0) is 0 Å². The SMILES string of the molecule is Cc1cc(N2CCNCC2)c2ccc(Cl)c(C)c2n1.Cl. The monoisotopic (exact) mass is 311 g/mol. The van der Waals surface area contributed by atoms with Gasteiger partial charge in [0, 0.05) is 48.0 Å². The Kier molecular flexibility index (Phi) is 4.74. The predicted molar refractivity (Wildman–Crippen MR) is 88.6 cm³/mol. The largest absolute Gasteiger partial charge is 0.368 e. The number of fused-ring (bicyclic) bond motifs is 1. The fraction of sp³-hybridized carbons (Fsp3) is 0.400. The van der Waals surface area contributed by atoms with Gasteiger partial charge in [0.25, 0.3) is 0 Å². The lowest BCUT2D eigenvalue weighted by Gasteiger charge is -2.30. The molecule has 3 rings (SSSR count). The number of hydrogen-bond donors (Lipinski definition) is 1. The van der Waals surface area contributed by atoms with E-state index in [-0.39, 0.29) is 12.4 Å². The number of aryl methyl sites for hydroxylation is 2. The molecule has 1 aromatic carbocycles. The molecule has 1 aromatic heterocycles. The van der Waals surface area contributed by atoms with Crippen LogP contribution in [0, 0.1) is 13.8 Å². The zero-order valence-corrected chi connectivity index (χ0v) is 13.3. The number of halogens is 2. The molecular weight excluding hydrogens is 293 g/mol. The van der Waals surface area contributed by atoms with Crippen LogP contribution in [0.25, 0.3) is 10.9 Å². The van der Waals surface area contributed by atoms with E-state index in [4.69, 9.17) is 11.6 Å². The average molecular weight is 312 g/mol. The minimum absolute atomic E-state index is 0. The third kappa shape index (κ3) is 2.71. The standard InChI is InChI=1S/C15H18ClN3.ClH/c1-10-9-14(19-7-5-17-6-8-19)12-3-4-13(16)11(2)15(12)18-10;/h3-4,9,17H,5-8H2,1-2H3;1H. The lowest BCUT2D eigenvalue weighted by atomic mass is 10.1. The molecule has 0 radical (unpaired) electrons. The Labute approximate surface area is 130 Å². The molecule has 1 aliphatic heterocycles. The van der Waals surface area contributed by atoms with Crippen molar-refractivity contribution in [2.75, 3.05) is 31.1 Å². The molecule has 20 heavy (non-hydrogen) atoms. The number of benzene rings is 1. The summed E-state index contributed by atoms with van der Waals surface area (Å²) in [5.41, 5.74) is 4.43. The highest BCUT2D eigenvalue weighted by Gasteiger charge is 2.15. The fourth-order valence-electron chi connectivity index (χ4n) is 2.68. The highest BCUT2D eigenvalue weighted by atomic mass is 35.5. The molecule has 0 amide bonds. The third-order valence-corrected chi connectivity index (χ3v) is 4.14. The minimum atomic E-state index is 0. The van der Waals surface area contributed by atoms with Gasteiger partial charge in [-0.2, -0.15) is 0 Å². The quantitative estimate of drug-likeness (QED) is 0.875. The number of nitrogens with one attached hydrogen (secondary N) is 1. The Bertz CT molecular complexity index is 622. The van der Waals surface area contributed by atoms with E-state index in [1.54, 1.807) is 0 Å². The van der Waals surface area contributed by atoms with Crippen LogP contribution in [0.1, 0.15) is 11.3 Å². The van der Waals surface area contributed by atoms with Gasteiger partial charge in [-0.15, -0.1) is 12.4 Å². The zero-order chi connectivity index (χ0) is 13.4. The molecule has 0 unspecified atom stereocenters. The Hall–Kier alpha value is -1.03. The number of nitrogens with zero attached hydrogens (tertiary/aromatic N) is 2. The molecular formula is C15H19Cl2N3. The summed E-state index contributed by atoms with van der Waals surface area (Å²) in [6.07, 6.45) is 0. The second kappa shape index (κ2) is 6.17. The Morgan fingerprint density at radius 3 is 2.60 bits per heavy atom. The first-order valence-corrected chi connectivity index (χ1v) is 7.07. The first-order chi connectivity index (χ1) is 9.16. The van der Waals surface area contributed by atoms with E-state index in [0.717, 1.165) is 48.0 Å². The van der Waals surface area contributed by atoms with Gasteiger partial charge in [-0.05, 0) is 37.6 Å². The summed E-state index contributed by atoms with van der Waals surface area (Å²) in [4.78, 5) is 7.10. The molecule has 5 heteroatoms. The summed E-state index contributed by atoms with van der Waals surface area (Å²) in [6, 6.07) is 6.25. The van der Waals surface area contributed by atoms with Gasteiger partial charge in [-0.25, -0.2) is 0 Å². The second-order valence-corrected chi connectivity index (χ2v) is 5.50. The molecule has 1 aliphatic rings. The van der Waals surface area contributed by atoms with Crippen molar-refractivity contribution in [2.45, 2.75) is 13.8 Å². The molecule has 2 aromatic rings. The van der Waals surface area contributed by atoms with Gasteiger partial charge >= 0.3 is 0 Å². The van der Waals surface area contributed by atoms with Crippen molar-refractivity contribution in [3.8, 4) is 0 Å².